The Morgan fingerprint density at radius 3 is 2.58 bits per heavy atom. The Morgan fingerprint density at radius 2 is 1.74 bits per heavy atom. The van der Waals surface area contributed by atoms with Gasteiger partial charge < -0.3 is 25.2 Å². The largest absolute Gasteiger partial charge is 0.509 e. The SMILES string of the molecule is CC1CC2=C3C4C5=C6C(=CC14)CCC(C1CCCC1)CC1C64C(=O)OC(=C(O)CC(CC6CCCCC6)N6CC7CC(C6)C(CC2)N3C7)C4(CC5)C12OC(=O)c1c(CCCN)cccc12. The van der Waals surface area contributed by atoms with Gasteiger partial charge in [-0.2, -0.15) is 0 Å². The average molecular weight is 880 g/mol. The first kappa shape index (κ1) is 40.7. The number of aryl methyl sites for hydroxylation is 1. The third-order valence-corrected chi connectivity index (χ3v) is 21.7. The Bertz CT molecular complexity index is 2370. The fourth-order valence-electron chi connectivity index (χ4n) is 19.5. The van der Waals surface area contributed by atoms with E-state index in [4.69, 9.17) is 15.2 Å². The number of ether oxygens (including phenoxy) is 2. The first-order valence-corrected chi connectivity index (χ1v) is 27.1. The van der Waals surface area contributed by atoms with E-state index in [2.05, 4.69) is 41.0 Å². The third-order valence-electron chi connectivity index (χ3n) is 21.7. The van der Waals surface area contributed by atoms with E-state index in [0.29, 0.717) is 84.6 Å². The zero-order valence-electron chi connectivity index (χ0n) is 39.1. The maximum absolute atomic E-state index is 16.3. The monoisotopic (exact) mass is 880 g/mol. The summed E-state index contributed by atoms with van der Waals surface area (Å²) in [6.45, 7) is 6.38. The molecule has 0 aromatic heterocycles. The molecule has 1 aromatic carbocycles. The predicted octanol–water partition coefficient (Wildman–Crippen LogP) is 10.6. The van der Waals surface area contributed by atoms with Crippen molar-refractivity contribution in [2.75, 3.05) is 26.2 Å². The molecule has 17 rings (SSSR count). The molecule has 9 heterocycles. The van der Waals surface area contributed by atoms with Gasteiger partial charge in [0.2, 0.25) is 0 Å². The quantitative estimate of drug-likeness (QED) is 0.272. The molecule has 3 N–H and O–H groups in total. The zero-order chi connectivity index (χ0) is 43.6. The van der Waals surface area contributed by atoms with Crippen LogP contribution in [0.4, 0.5) is 0 Å². The lowest BCUT2D eigenvalue weighted by atomic mass is 9.27. The number of hydrogen-bond donors (Lipinski definition) is 2. The fraction of sp³-hybridized carbons (Fsp3) is 0.719. The first-order chi connectivity index (χ1) is 31.8. The summed E-state index contributed by atoms with van der Waals surface area (Å²) in [6, 6.07) is 7.13. The van der Waals surface area contributed by atoms with Gasteiger partial charge in [0.05, 0.1) is 11.0 Å². The molecule has 0 radical (unpaired) electrons. The van der Waals surface area contributed by atoms with Crippen LogP contribution >= 0.6 is 0 Å². The Hall–Kier alpha value is -3.36. The van der Waals surface area contributed by atoms with Gasteiger partial charge in [-0.1, -0.05) is 100 Å². The van der Waals surface area contributed by atoms with Gasteiger partial charge in [-0.15, -0.1) is 0 Å². The van der Waals surface area contributed by atoms with Crippen LogP contribution in [0.5, 0.6) is 0 Å². The molecule has 65 heavy (non-hydrogen) atoms. The van der Waals surface area contributed by atoms with Crippen molar-refractivity contribution in [3.8, 4) is 0 Å². The number of aliphatic hydroxyl groups is 1. The number of carbonyl (C=O) groups excluding carboxylic acids is 2. The molecule has 7 fully saturated rings. The fourth-order valence-corrected chi connectivity index (χ4v) is 19.5. The molecule has 4 saturated carbocycles. The summed E-state index contributed by atoms with van der Waals surface area (Å²) in [7, 11) is 0. The van der Waals surface area contributed by atoms with Crippen molar-refractivity contribution in [3.63, 3.8) is 0 Å². The summed E-state index contributed by atoms with van der Waals surface area (Å²) in [6.07, 6.45) is 26.6. The van der Waals surface area contributed by atoms with Crippen molar-refractivity contribution in [3.05, 3.63) is 80.5 Å². The third kappa shape index (κ3) is 5.18. The van der Waals surface area contributed by atoms with E-state index in [0.717, 1.165) is 69.3 Å². The molecular weight excluding hydrogens is 807 g/mol. The summed E-state index contributed by atoms with van der Waals surface area (Å²) in [5.41, 5.74) is 13.1. The van der Waals surface area contributed by atoms with Crippen LogP contribution in [0.1, 0.15) is 163 Å². The summed E-state index contributed by atoms with van der Waals surface area (Å²) in [4.78, 5) is 37.1. The number of esters is 2. The van der Waals surface area contributed by atoms with Gasteiger partial charge in [-0.25, -0.2) is 4.79 Å². The number of nitrogens with zero attached hydrogens (tertiary/aromatic N) is 2. The Balaban J connectivity index is 1.05. The number of allylic oxidation sites excluding steroid dienone is 4. The molecule has 0 amide bonds. The highest BCUT2D eigenvalue weighted by atomic mass is 16.6. The molecule has 13 unspecified atom stereocenters. The van der Waals surface area contributed by atoms with Gasteiger partial charge >= 0.3 is 11.9 Å². The molecule has 13 atom stereocenters. The minimum atomic E-state index is -1.11. The highest BCUT2D eigenvalue weighted by Gasteiger charge is 2.94. The molecular formula is C57H73N3O5. The van der Waals surface area contributed by atoms with E-state index in [9.17, 15) is 5.11 Å². The van der Waals surface area contributed by atoms with E-state index in [1.54, 1.807) is 11.3 Å². The summed E-state index contributed by atoms with van der Waals surface area (Å²) in [5, 5.41) is 13.4. The standard InChI is InChI=1S/C57H73N3O5/c1-32-23-39-18-19-45-40-24-34-29-59(31-40)41(25-33-9-3-2-4-10-33)28-46(61)52-55-21-20-42-49(51(39)60(45)30-34)43(32)26-38-17-16-37(35-11-5-6-12-35)27-47(56(55,50(38)42)54(63)64-52)57(55)44-15-7-13-36(14-8-22-58)48(44)53(62)65-57/h7,13,15,26,32-35,37,40-41,43,45,47,49,61H,2-6,8-12,14,16-25,27-31,58H2,1H3. The second-order valence-corrected chi connectivity index (χ2v) is 24.4. The van der Waals surface area contributed by atoms with Gasteiger partial charge in [0.15, 0.2) is 11.4 Å². The van der Waals surface area contributed by atoms with E-state index >= 15 is 9.59 Å². The van der Waals surface area contributed by atoms with E-state index in [1.165, 1.54) is 100 Å². The smallest absolute Gasteiger partial charge is 0.339 e. The number of carbonyl (C=O) groups is 2. The number of hydrogen-bond acceptors (Lipinski definition) is 8. The molecule has 3 spiro atoms. The van der Waals surface area contributed by atoms with Crippen molar-refractivity contribution in [2.24, 2.45) is 69.8 Å². The molecule has 3 saturated heterocycles. The van der Waals surface area contributed by atoms with E-state index in [1.807, 2.05) is 0 Å². The van der Waals surface area contributed by atoms with Crippen molar-refractivity contribution < 1.29 is 24.2 Å². The van der Waals surface area contributed by atoms with Gasteiger partial charge in [-0.05, 0) is 142 Å². The van der Waals surface area contributed by atoms with Gasteiger partial charge in [0.25, 0.3) is 0 Å². The topological polar surface area (TPSA) is 105 Å². The Labute approximate surface area is 386 Å². The van der Waals surface area contributed by atoms with Crippen LogP contribution in [-0.2, 0) is 26.3 Å². The van der Waals surface area contributed by atoms with Crippen LogP contribution in [0.25, 0.3) is 0 Å². The second-order valence-electron chi connectivity index (χ2n) is 24.4. The van der Waals surface area contributed by atoms with Crippen molar-refractivity contribution in [1.29, 1.82) is 0 Å². The van der Waals surface area contributed by atoms with Crippen molar-refractivity contribution >= 4 is 11.9 Å². The highest BCUT2D eigenvalue weighted by molar-refractivity contribution is 6.01. The highest BCUT2D eigenvalue weighted by Crippen LogP contribution is 2.88. The van der Waals surface area contributed by atoms with E-state index < -0.39 is 16.4 Å². The van der Waals surface area contributed by atoms with Crippen molar-refractivity contribution in [2.45, 2.75) is 166 Å². The van der Waals surface area contributed by atoms with Gasteiger partial charge in [-0.3, -0.25) is 9.69 Å². The number of aliphatic hydroxyl groups excluding tert-OH is 1. The molecule has 12 bridgehead atoms. The molecule has 1 aromatic rings. The predicted molar refractivity (Wildman–Crippen MR) is 249 cm³/mol. The summed E-state index contributed by atoms with van der Waals surface area (Å²) in [5.74, 6) is 4.14. The first-order valence-electron chi connectivity index (χ1n) is 27.1. The van der Waals surface area contributed by atoms with Crippen LogP contribution in [0.2, 0.25) is 0 Å². The maximum atomic E-state index is 16.3. The number of fused-ring (bicyclic) bond motifs is 3. The van der Waals surface area contributed by atoms with Crippen LogP contribution in [0.3, 0.4) is 0 Å². The second kappa shape index (κ2) is 14.6. The van der Waals surface area contributed by atoms with Gasteiger partial charge in [0.1, 0.15) is 11.2 Å². The number of piperidine rings is 2. The molecule has 16 aliphatic rings. The molecule has 8 nitrogen and oxygen atoms in total. The lowest BCUT2D eigenvalue weighted by molar-refractivity contribution is -0.280. The number of nitrogens with two attached hydrogens (primary N) is 1. The average Bonchev–Trinajstić information content (AvgIpc) is 4.02. The lowest BCUT2D eigenvalue weighted by Gasteiger charge is -2.72. The molecule has 346 valence electrons. The van der Waals surface area contributed by atoms with Gasteiger partial charge in [0, 0.05) is 61.2 Å². The lowest BCUT2D eigenvalue weighted by Crippen LogP contribution is -2.77. The van der Waals surface area contributed by atoms with Crippen LogP contribution in [0.15, 0.2) is 63.8 Å². The number of rotatable bonds is 6. The molecule has 9 aliphatic heterocycles. The van der Waals surface area contributed by atoms with Crippen LogP contribution in [-0.4, -0.2) is 65.1 Å². The van der Waals surface area contributed by atoms with Crippen LogP contribution < -0.4 is 5.73 Å². The molecule has 8 heteroatoms. The Morgan fingerprint density at radius 1 is 0.892 bits per heavy atom. The number of benzene rings is 1. The Kier molecular flexibility index (Phi) is 9.12. The molecule has 7 aliphatic carbocycles. The summed E-state index contributed by atoms with van der Waals surface area (Å²) >= 11 is 0. The minimum absolute atomic E-state index is 0.167. The van der Waals surface area contributed by atoms with Crippen molar-refractivity contribution in [1.82, 2.24) is 9.80 Å². The summed E-state index contributed by atoms with van der Waals surface area (Å²) < 4.78 is 14.4. The van der Waals surface area contributed by atoms with Crippen LogP contribution in [0, 0.1) is 64.1 Å². The zero-order valence-corrected chi connectivity index (χ0v) is 39.1. The maximum Gasteiger partial charge on any atom is 0.339 e. The minimum Gasteiger partial charge on any atom is -0.509 e. The van der Waals surface area contributed by atoms with E-state index in [-0.39, 0.29) is 35.6 Å². The normalized spacial score (nSPS) is 43.7.